The van der Waals surface area contributed by atoms with Crippen LogP contribution in [0.2, 0.25) is 0 Å². The zero-order chi connectivity index (χ0) is 26.2. The molecule has 0 heterocycles. The first-order valence-corrected chi connectivity index (χ1v) is 11.5. The smallest absolute Gasteiger partial charge is 0.257 e. The Labute approximate surface area is 215 Å². The third-order valence-electron chi connectivity index (χ3n) is 5.52. The minimum atomic E-state index is -0.465. The molecule has 3 rings (SSSR count). The second-order valence-electron chi connectivity index (χ2n) is 7.88. The van der Waals surface area contributed by atoms with Gasteiger partial charge in [-0.25, -0.2) is 0 Å². The van der Waals surface area contributed by atoms with Crippen LogP contribution < -0.4 is 30.2 Å². The van der Waals surface area contributed by atoms with Crippen LogP contribution in [0.25, 0.3) is 0 Å². The molecule has 0 saturated heterocycles. The van der Waals surface area contributed by atoms with E-state index in [0.29, 0.717) is 34.2 Å². The van der Waals surface area contributed by atoms with Crippen LogP contribution in [0.1, 0.15) is 17.3 Å². The zero-order valence-electron chi connectivity index (χ0n) is 20.7. The maximum Gasteiger partial charge on any atom is 0.257 e. The van der Waals surface area contributed by atoms with Crippen molar-refractivity contribution >= 4 is 40.5 Å². The van der Waals surface area contributed by atoms with Crippen molar-refractivity contribution in [3.8, 4) is 17.2 Å². The number of ether oxygens (including phenoxy) is 4. The third kappa shape index (κ3) is 6.21. The van der Waals surface area contributed by atoms with Crippen molar-refractivity contribution < 1.29 is 28.5 Å². The van der Waals surface area contributed by atoms with Crippen molar-refractivity contribution in [3.05, 3.63) is 65.8 Å². The van der Waals surface area contributed by atoms with E-state index in [4.69, 9.17) is 31.2 Å². The number of amides is 2. The monoisotopic (exact) mass is 511 g/mol. The third-order valence-corrected chi connectivity index (χ3v) is 5.73. The normalized spacial score (nSPS) is 16.4. The molecule has 2 unspecified atom stereocenters. The number of anilines is 2. The van der Waals surface area contributed by atoms with Gasteiger partial charge in [-0.2, -0.15) is 0 Å². The quantitative estimate of drug-likeness (QED) is 0.458. The Morgan fingerprint density at radius 2 is 1.53 bits per heavy atom. The average molecular weight is 512 g/mol. The molecule has 1 aliphatic carbocycles. The van der Waals surface area contributed by atoms with E-state index in [0.717, 1.165) is 0 Å². The second kappa shape index (κ2) is 12.2. The van der Waals surface area contributed by atoms with Crippen LogP contribution in [0.4, 0.5) is 11.4 Å². The Bertz CT molecular complexity index is 1180. The molecule has 0 fully saturated rings. The van der Waals surface area contributed by atoms with Crippen LogP contribution in [0.3, 0.4) is 0 Å². The molecular weight excluding hydrogens is 482 g/mol. The number of benzene rings is 2. The highest BCUT2D eigenvalue weighted by atomic mass is 32.1. The Kier molecular flexibility index (Phi) is 9.04. The number of methoxy groups -OCH3 is 4. The van der Waals surface area contributed by atoms with Crippen LogP contribution in [-0.4, -0.2) is 51.5 Å². The van der Waals surface area contributed by atoms with Gasteiger partial charge in [-0.15, -0.1) is 0 Å². The van der Waals surface area contributed by atoms with Crippen molar-refractivity contribution in [2.75, 3.05) is 39.1 Å². The Hall–Kier alpha value is -3.89. The predicted molar refractivity (Wildman–Crippen MR) is 142 cm³/mol. The van der Waals surface area contributed by atoms with Crippen LogP contribution in [0.15, 0.2) is 60.2 Å². The summed E-state index contributed by atoms with van der Waals surface area (Å²) in [6.07, 6.45) is 5.26. The summed E-state index contributed by atoms with van der Waals surface area (Å²) in [4.78, 5) is 25.6. The van der Waals surface area contributed by atoms with Crippen molar-refractivity contribution in [2.45, 2.75) is 13.0 Å². The lowest BCUT2D eigenvalue weighted by molar-refractivity contribution is -0.114. The molecule has 2 aromatic carbocycles. The van der Waals surface area contributed by atoms with Crippen molar-refractivity contribution in [1.82, 2.24) is 5.32 Å². The Morgan fingerprint density at radius 3 is 2.11 bits per heavy atom. The fraction of sp³-hybridized carbons (Fsp3) is 0.269. The van der Waals surface area contributed by atoms with Crippen LogP contribution in [0.5, 0.6) is 17.2 Å². The zero-order valence-corrected chi connectivity index (χ0v) is 21.5. The highest BCUT2D eigenvalue weighted by molar-refractivity contribution is 7.80. The first-order chi connectivity index (χ1) is 17.3. The lowest BCUT2D eigenvalue weighted by Gasteiger charge is -2.25. The molecule has 190 valence electrons. The summed E-state index contributed by atoms with van der Waals surface area (Å²) in [6, 6.07) is 10.0. The lowest BCUT2D eigenvalue weighted by atomic mass is 9.91. The number of allylic oxidation sites excluding steroid dienone is 2. The summed E-state index contributed by atoms with van der Waals surface area (Å²) >= 11 is 5.31. The molecule has 2 aromatic rings. The van der Waals surface area contributed by atoms with Crippen LogP contribution >= 0.6 is 12.2 Å². The molecule has 9 nitrogen and oxygen atoms in total. The van der Waals surface area contributed by atoms with E-state index >= 15 is 0 Å². The number of nitrogens with one attached hydrogen (secondary N) is 3. The number of thiocarbonyl (C=S) groups is 1. The largest absolute Gasteiger partial charge is 0.493 e. The lowest BCUT2D eigenvalue weighted by Crippen LogP contribution is -2.34. The Balaban J connectivity index is 1.67. The minimum Gasteiger partial charge on any atom is -0.493 e. The molecule has 0 bridgehead atoms. The summed E-state index contributed by atoms with van der Waals surface area (Å²) in [6.45, 7) is 1.99. The van der Waals surface area contributed by atoms with E-state index in [1.54, 1.807) is 37.5 Å². The number of hydrogen-bond acceptors (Lipinski definition) is 7. The summed E-state index contributed by atoms with van der Waals surface area (Å²) < 4.78 is 21.4. The highest BCUT2D eigenvalue weighted by Gasteiger charge is 2.26. The Morgan fingerprint density at radius 1 is 0.889 bits per heavy atom. The first kappa shape index (κ1) is 26.7. The van der Waals surface area contributed by atoms with E-state index in [9.17, 15) is 9.59 Å². The SMILES string of the molecule is COc1cc(C(=O)NC(=S)Nc2cccc(NC(=O)C3=CC=CC(C)C3OC)c2)cc(OC)c1OC. The summed E-state index contributed by atoms with van der Waals surface area (Å²) in [7, 11) is 6.00. The van der Waals surface area contributed by atoms with E-state index < -0.39 is 5.91 Å². The average Bonchev–Trinajstić information content (AvgIpc) is 2.87. The number of hydrogen-bond donors (Lipinski definition) is 3. The molecule has 10 heteroatoms. The fourth-order valence-electron chi connectivity index (χ4n) is 3.79. The van der Waals surface area contributed by atoms with E-state index in [1.807, 2.05) is 19.1 Å². The van der Waals surface area contributed by atoms with Gasteiger partial charge in [0.1, 0.15) is 0 Å². The van der Waals surface area contributed by atoms with Crippen molar-refractivity contribution in [1.29, 1.82) is 0 Å². The fourth-order valence-corrected chi connectivity index (χ4v) is 4.00. The van der Waals surface area contributed by atoms with Gasteiger partial charge in [-0.05, 0) is 42.5 Å². The van der Waals surface area contributed by atoms with Gasteiger partial charge >= 0.3 is 0 Å². The molecule has 0 radical (unpaired) electrons. The molecule has 36 heavy (non-hydrogen) atoms. The van der Waals surface area contributed by atoms with Gasteiger partial charge in [-0.1, -0.05) is 31.2 Å². The topological polar surface area (TPSA) is 107 Å². The number of rotatable bonds is 8. The van der Waals surface area contributed by atoms with Gasteiger partial charge in [0.2, 0.25) is 5.75 Å². The van der Waals surface area contributed by atoms with Crippen LogP contribution in [0, 0.1) is 5.92 Å². The van der Waals surface area contributed by atoms with E-state index in [-0.39, 0.29) is 28.6 Å². The van der Waals surface area contributed by atoms with Crippen molar-refractivity contribution in [3.63, 3.8) is 0 Å². The molecule has 2 amide bonds. The summed E-state index contributed by atoms with van der Waals surface area (Å²) in [5.74, 6) is 0.431. The van der Waals surface area contributed by atoms with E-state index in [2.05, 4.69) is 16.0 Å². The second-order valence-corrected chi connectivity index (χ2v) is 8.29. The molecule has 0 spiro atoms. The van der Waals surface area contributed by atoms with Crippen LogP contribution in [-0.2, 0) is 9.53 Å². The van der Waals surface area contributed by atoms with Gasteiger partial charge in [0.15, 0.2) is 16.6 Å². The van der Waals surface area contributed by atoms with Gasteiger partial charge in [-0.3, -0.25) is 14.9 Å². The number of carbonyl (C=O) groups excluding carboxylic acids is 2. The van der Waals surface area contributed by atoms with Crippen molar-refractivity contribution in [2.24, 2.45) is 5.92 Å². The first-order valence-electron chi connectivity index (χ1n) is 11.1. The highest BCUT2D eigenvalue weighted by Crippen LogP contribution is 2.38. The van der Waals surface area contributed by atoms with Gasteiger partial charge in [0.05, 0.1) is 27.4 Å². The van der Waals surface area contributed by atoms with Gasteiger partial charge in [0.25, 0.3) is 11.8 Å². The molecule has 2 atom stereocenters. The summed E-state index contributed by atoms with van der Waals surface area (Å²) in [5.41, 5.74) is 1.95. The maximum atomic E-state index is 12.8. The molecule has 0 aromatic heterocycles. The van der Waals surface area contributed by atoms with Gasteiger partial charge < -0.3 is 29.6 Å². The van der Waals surface area contributed by atoms with E-state index in [1.165, 1.54) is 33.5 Å². The molecule has 0 aliphatic heterocycles. The summed E-state index contributed by atoms with van der Waals surface area (Å²) in [5, 5.41) is 8.53. The minimum absolute atomic E-state index is 0.0747. The van der Waals surface area contributed by atoms with Gasteiger partial charge in [0, 0.05) is 35.5 Å². The molecular formula is C26H29N3O6S. The number of carbonyl (C=O) groups is 2. The molecule has 0 saturated carbocycles. The predicted octanol–water partition coefficient (Wildman–Crippen LogP) is 3.93. The molecule has 1 aliphatic rings. The molecule has 3 N–H and O–H groups in total. The standard InChI is InChI=1S/C26H29N3O6S/c1-15-8-6-11-19(22(15)34-4)25(31)27-17-9-7-10-18(14-17)28-26(36)29-24(30)16-12-20(32-2)23(35-5)21(13-16)33-3/h6-15,22H,1-5H3,(H,27,31)(H2,28,29,30,36). The maximum absolute atomic E-state index is 12.8.